The molecule has 6 heteroatoms. The van der Waals surface area contributed by atoms with Crippen LogP contribution in [0.5, 0.6) is 0 Å². The Morgan fingerprint density at radius 1 is 1.42 bits per heavy atom. The monoisotopic (exact) mass is 267 g/mol. The van der Waals surface area contributed by atoms with Crippen molar-refractivity contribution in [1.82, 2.24) is 25.2 Å². The zero-order valence-corrected chi connectivity index (χ0v) is 12.0. The topological polar surface area (TPSA) is 55.2 Å². The molecule has 1 heterocycles. The zero-order valence-electron chi connectivity index (χ0n) is 12.0. The first kappa shape index (κ1) is 14.4. The number of aromatic nitrogens is 3. The molecule has 1 aromatic rings. The normalized spacial score (nSPS) is 15.3. The summed E-state index contributed by atoms with van der Waals surface area (Å²) in [6, 6.07) is 0.713. The van der Waals surface area contributed by atoms with Gasteiger partial charge in [0.05, 0.1) is 18.8 Å². The van der Waals surface area contributed by atoms with Gasteiger partial charge in [-0.25, -0.2) is 4.68 Å². The number of hydrogen-bond donors (Lipinski definition) is 1. The molecule has 1 aromatic heterocycles. The van der Waals surface area contributed by atoms with Crippen molar-refractivity contribution in [3.63, 3.8) is 0 Å². The highest BCUT2D eigenvalue weighted by molar-refractivity contribution is 4.94. The number of ether oxygens (including phenoxy) is 1. The molecule has 0 aliphatic heterocycles. The van der Waals surface area contributed by atoms with Crippen LogP contribution in [-0.2, 0) is 17.8 Å². The molecular formula is C13H25N5O. The summed E-state index contributed by atoms with van der Waals surface area (Å²) in [5.41, 5.74) is 1.01. The molecule has 1 fully saturated rings. The maximum absolute atomic E-state index is 5.57. The van der Waals surface area contributed by atoms with Gasteiger partial charge in [0.1, 0.15) is 0 Å². The molecule has 1 saturated carbocycles. The first-order valence-corrected chi connectivity index (χ1v) is 7.09. The van der Waals surface area contributed by atoms with Crippen molar-refractivity contribution in [2.24, 2.45) is 0 Å². The standard InChI is InChI=1S/C13H25N5O/c1-17(2)6-3-8-19-9-7-18-11-13(15-16-18)10-14-12-4-5-12/h11-12,14H,3-10H2,1-2H3. The summed E-state index contributed by atoms with van der Waals surface area (Å²) in [6.45, 7) is 4.18. The molecule has 0 radical (unpaired) electrons. The van der Waals surface area contributed by atoms with Crippen LogP contribution < -0.4 is 5.32 Å². The van der Waals surface area contributed by atoms with E-state index >= 15 is 0 Å². The molecule has 108 valence electrons. The number of nitrogens with zero attached hydrogens (tertiary/aromatic N) is 4. The number of nitrogens with one attached hydrogen (secondary N) is 1. The third kappa shape index (κ3) is 6.13. The SMILES string of the molecule is CN(C)CCCOCCn1cc(CNC2CC2)nn1. The molecule has 1 aliphatic carbocycles. The minimum atomic E-state index is 0.701. The number of rotatable bonds is 10. The third-order valence-electron chi connectivity index (χ3n) is 3.09. The molecule has 0 aromatic carbocycles. The first-order chi connectivity index (χ1) is 9.24. The molecule has 0 saturated heterocycles. The Kier molecular flexibility index (Phi) is 5.75. The van der Waals surface area contributed by atoms with Crippen molar-refractivity contribution in [2.75, 3.05) is 33.9 Å². The van der Waals surface area contributed by atoms with Gasteiger partial charge in [0.15, 0.2) is 0 Å². The van der Waals surface area contributed by atoms with Crippen LogP contribution in [-0.4, -0.2) is 59.8 Å². The maximum Gasteiger partial charge on any atom is 0.0964 e. The van der Waals surface area contributed by atoms with E-state index in [1.807, 2.05) is 10.9 Å². The van der Waals surface area contributed by atoms with Gasteiger partial charge in [0, 0.05) is 25.4 Å². The van der Waals surface area contributed by atoms with Gasteiger partial charge in [-0.05, 0) is 39.9 Å². The minimum absolute atomic E-state index is 0.701. The Morgan fingerprint density at radius 3 is 3.00 bits per heavy atom. The maximum atomic E-state index is 5.57. The van der Waals surface area contributed by atoms with Crippen molar-refractivity contribution in [2.45, 2.75) is 38.4 Å². The summed E-state index contributed by atoms with van der Waals surface area (Å²) >= 11 is 0. The molecule has 0 atom stereocenters. The molecule has 1 aliphatic rings. The third-order valence-corrected chi connectivity index (χ3v) is 3.09. The van der Waals surface area contributed by atoms with Crippen molar-refractivity contribution >= 4 is 0 Å². The predicted octanol–water partition coefficient (Wildman–Crippen LogP) is 0.498. The lowest BCUT2D eigenvalue weighted by atomic mass is 10.4. The molecule has 19 heavy (non-hydrogen) atoms. The molecule has 1 N–H and O–H groups in total. The van der Waals surface area contributed by atoms with Gasteiger partial charge in [0.25, 0.3) is 0 Å². The average molecular weight is 267 g/mol. The second kappa shape index (κ2) is 7.57. The first-order valence-electron chi connectivity index (χ1n) is 7.09. The zero-order chi connectivity index (χ0) is 13.5. The summed E-state index contributed by atoms with van der Waals surface area (Å²) in [5, 5.41) is 11.7. The van der Waals surface area contributed by atoms with Gasteiger partial charge in [-0.1, -0.05) is 5.21 Å². The molecule has 0 spiro atoms. The molecule has 0 amide bonds. The lowest BCUT2D eigenvalue weighted by Crippen LogP contribution is -2.16. The van der Waals surface area contributed by atoms with E-state index in [1.54, 1.807) is 0 Å². The molecular weight excluding hydrogens is 242 g/mol. The van der Waals surface area contributed by atoms with Crippen molar-refractivity contribution in [3.8, 4) is 0 Å². The largest absolute Gasteiger partial charge is 0.379 e. The van der Waals surface area contributed by atoms with Crippen LogP contribution in [0.3, 0.4) is 0 Å². The van der Waals surface area contributed by atoms with Gasteiger partial charge >= 0.3 is 0 Å². The Labute approximate surface area is 115 Å². The highest BCUT2D eigenvalue weighted by Crippen LogP contribution is 2.18. The Morgan fingerprint density at radius 2 is 2.26 bits per heavy atom. The Hall–Kier alpha value is -0.980. The van der Waals surface area contributed by atoms with E-state index in [0.717, 1.165) is 38.4 Å². The smallest absolute Gasteiger partial charge is 0.0964 e. The van der Waals surface area contributed by atoms with Gasteiger partial charge in [-0.2, -0.15) is 0 Å². The van der Waals surface area contributed by atoms with Crippen LogP contribution >= 0.6 is 0 Å². The fraction of sp³-hybridized carbons (Fsp3) is 0.846. The van der Waals surface area contributed by atoms with Crippen molar-refractivity contribution in [3.05, 3.63) is 11.9 Å². The number of hydrogen-bond acceptors (Lipinski definition) is 5. The van der Waals surface area contributed by atoms with Crippen LogP contribution in [0.15, 0.2) is 6.20 Å². The van der Waals surface area contributed by atoms with Crippen LogP contribution in [0.1, 0.15) is 25.0 Å². The van der Waals surface area contributed by atoms with Crippen LogP contribution in [0.25, 0.3) is 0 Å². The van der Waals surface area contributed by atoms with Gasteiger partial charge in [-0.15, -0.1) is 5.10 Å². The van der Waals surface area contributed by atoms with Gasteiger partial charge in [0.2, 0.25) is 0 Å². The van der Waals surface area contributed by atoms with Crippen LogP contribution in [0.2, 0.25) is 0 Å². The molecule has 0 bridgehead atoms. The highest BCUT2D eigenvalue weighted by atomic mass is 16.5. The van der Waals surface area contributed by atoms with Gasteiger partial charge in [-0.3, -0.25) is 0 Å². The van der Waals surface area contributed by atoms with Gasteiger partial charge < -0.3 is 15.0 Å². The van der Waals surface area contributed by atoms with E-state index < -0.39 is 0 Å². The second-order valence-electron chi connectivity index (χ2n) is 5.40. The lowest BCUT2D eigenvalue weighted by Gasteiger charge is -2.09. The second-order valence-corrected chi connectivity index (χ2v) is 5.40. The quantitative estimate of drug-likeness (QED) is 0.626. The minimum Gasteiger partial charge on any atom is -0.379 e. The summed E-state index contributed by atoms with van der Waals surface area (Å²) in [6.07, 6.45) is 5.67. The van der Waals surface area contributed by atoms with E-state index in [9.17, 15) is 0 Å². The lowest BCUT2D eigenvalue weighted by molar-refractivity contribution is 0.116. The van der Waals surface area contributed by atoms with Crippen LogP contribution in [0, 0.1) is 0 Å². The van der Waals surface area contributed by atoms with Crippen LogP contribution in [0.4, 0.5) is 0 Å². The summed E-state index contributed by atoms with van der Waals surface area (Å²) in [4.78, 5) is 2.17. The highest BCUT2D eigenvalue weighted by Gasteiger charge is 2.20. The summed E-state index contributed by atoms with van der Waals surface area (Å²) in [7, 11) is 4.15. The van der Waals surface area contributed by atoms with E-state index in [-0.39, 0.29) is 0 Å². The van der Waals surface area contributed by atoms with E-state index in [1.165, 1.54) is 12.8 Å². The summed E-state index contributed by atoms with van der Waals surface area (Å²) < 4.78 is 7.43. The van der Waals surface area contributed by atoms with E-state index in [2.05, 4.69) is 34.6 Å². The molecule has 6 nitrogen and oxygen atoms in total. The predicted molar refractivity (Wildman–Crippen MR) is 73.9 cm³/mol. The Bertz CT molecular complexity index is 362. The van der Waals surface area contributed by atoms with E-state index in [0.29, 0.717) is 12.6 Å². The molecule has 2 rings (SSSR count). The van der Waals surface area contributed by atoms with Crippen molar-refractivity contribution in [1.29, 1.82) is 0 Å². The van der Waals surface area contributed by atoms with E-state index in [4.69, 9.17) is 4.74 Å². The van der Waals surface area contributed by atoms with Crippen molar-refractivity contribution < 1.29 is 4.74 Å². The fourth-order valence-electron chi connectivity index (χ4n) is 1.81. The summed E-state index contributed by atoms with van der Waals surface area (Å²) in [5.74, 6) is 0. The molecule has 0 unspecified atom stereocenters. The Balaban J connectivity index is 1.52. The average Bonchev–Trinajstić information content (AvgIpc) is 3.10. The fourth-order valence-corrected chi connectivity index (χ4v) is 1.81.